The van der Waals surface area contributed by atoms with Crippen molar-refractivity contribution in [2.75, 3.05) is 33.2 Å². The van der Waals surface area contributed by atoms with Crippen molar-refractivity contribution in [3.05, 3.63) is 0 Å². The van der Waals surface area contributed by atoms with Crippen LogP contribution in [0.3, 0.4) is 0 Å². The molecule has 2 fully saturated rings. The molecule has 4 N–H and O–H groups in total. The van der Waals surface area contributed by atoms with Crippen LogP contribution >= 0.6 is 12.4 Å². The van der Waals surface area contributed by atoms with Gasteiger partial charge in [-0.25, -0.2) is 9.59 Å². The van der Waals surface area contributed by atoms with E-state index in [1.165, 1.54) is 0 Å². The third-order valence-electron chi connectivity index (χ3n) is 3.30. The summed E-state index contributed by atoms with van der Waals surface area (Å²) >= 11 is 0. The quantitative estimate of drug-likeness (QED) is 0.490. The maximum atomic E-state index is 11.6. The number of imide groups is 2. The van der Waals surface area contributed by atoms with Crippen molar-refractivity contribution in [1.29, 1.82) is 0 Å². The first-order valence-electron chi connectivity index (χ1n) is 6.31. The minimum atomic E-state index is -0.483. The number of carbonyl (C=O) groups is 4. The fourth-order valence-corrected chi connectivity index (χ4v) is 2.26. The van der Waals surface area contributed by atoms with Gasteiger partial charge in [-0.15, -0.1) is 12.4 Å². The van der Waals surface area contributed by atoms with Gasteiger partial charge in [0.2, 0.25) is 11.8 Å². The van der Waals surface area contributed by atoms with Gasteiger partial charge in [0, 0.05) is 26.2 Å². The number of halogens is 1. The van der Waals surface area contributed by atoms with Gasteiger partial charge in [0.25, 0.3) is 0 Å². The lowest BCUT2D eigenvalue weighted by molar-refractivity contribution is -0.125. The Morgan fingerprint density at radius 2 is 1.29 bits per heavy atom. The summed E-state index contributed by atoms with van der Waals surface area (Å²) in [5, 5.41) is 9.51. The summed E-state index contributed by atoms with van der Waals surface area (Å²) < 4.78 is 0. The van der Waals surface area contributed by atoms with Crippen molar-refractivity contribution in [3.8, 4) is 0 Å². The number of carbonyl (C=O) groups excluding carboxylic acids is 4. The van der Waals surface area contributed by atoms with E-state index in [2.05, 4.69) is 21.3 Å². The summed E-state index contributed by atoms with van der Waals surface area (Å²) in [6.07, 6.45) is 0. The molecule has 0 bridgehead atoms. The topological polar surface area (TPSA) is 120 Å². The predicted molar refractivity (Wildman–Crippen MR) is 74.8 cm³/mol. The highest BCUT2D eigenvalue weighted by molar-refractivity contribution is 5.98. The predicted octanol–water partition coefficient (Wildman–Crippen LogP) is -1.75. The van der Waals surface area contributed by atoms with E-state index in [4.69, 9.17) is 0 Å². The average molecular weight is 320 g/mol. The molecule has 0 aliphatic carbocycles. The minimum Gasteiger partial charge on any atom is -0.337 e. The van der Waals surface area contributed by atoms with E-state index in [-0.39, 0.29) is 49.1 Å². The van der Waals surface area contributed by atoms with Crippen LogP contribution in [0.1, 0.15) is 0 Å². The van der Waals surface area contributed by atoms with Crippen molar-refractivity contribution in [2.24, 2.45) is 11.8 Å². The van der Waals surface area contributed by atoms with Crippen molar-refractivity contribution >= 4 is 36.3 Å². The first kappa shape index (κ1) is 17.2. The summed E-state index contributed by atoms with van der Waals surface area (Å²) in [5.74, 6) is -1.33. The molecule has 0 aromatic carbocycles. The zero-order valence-corrected chi connectivity index (χ0v) is 12.3. The molecule has 0 saturated carbocycles. The van der Waals surface area contributed by atoms with Gasteiger partial charge in [0.05, 0.1) is 11.8 Å². The molecule has 6 amide bonds. The zero-order valence-electron chi connectivity index (χ0n) is 11.5. The summed E-state index contributed by atoms with van der Waals surface area (Å²) in [4.78, 5) is 46.9. The van der Waals surface area contributed by atoms with E-state index < -0.39 is 12.1 Å². The average Bonchev–Trinajstić information content (AvgIpc) is 2.36. The number of hydrogen-bond acceptors (Lipinski definition) is 5. The summed E-state index contributed by atoms with van der Waals surface area (Å²) in [6, 6.07) is -0.966. The van der Waals surface area contributed by atoms with Crippen LogP contribution in [0.25, 0.3) is 0 Å². The fourth-order valence-electron chi connectivity index (χ4n) is 2.26. The van der Waals surface area contributed by atoms with E-state index in [0.717, 1.165) is 0 Å². The molecule has 2 heterocycles. The summed E-state index contributed by atoms with van der Waals surface area (Å²) in [6.45, 7) is 1.40. The van der Waals surface area contributed by atoms with Crippen LogP contribution in [0.5, 0.6) is 0 Å². The van der Waals surface area contributed by atoms with Crippen molar-refractivity contribution in [3.63, 3.8) is 0 Å². The number of amides is 6. The van der Waals surface area contributed by atoms with Gasteiger partial charge in [-0.1, -0.05) is 0 Å². The fraction of sp³-hybridized carbons (Fsp3) is 0.636. The van der Waals surface area contributed by atoms with Crippen LogP contribution < -0.4 is 21.3 Å². The molecule has 21 heavy (non-hydrogen) atoms. The third kappa shape index (κ3) is 4.57. The van der Waals surface area contributed by atoms with Gasteiger partial charge in [-0.05, 0) is 7.05 Å². The highest BCUT2D eigenvalue weighted by atomic mass is 35.5. The Labute approximate surface area is 127 Å². The molecule has 2 aliphatic rings. The van der Waals surface area contributed by atoms with Crippen LogP contribution in [0.15, 0.2) is 0 Å². The second kappa shape index (κ2) is 7.23. The van der Waals surface area contributed by atoms with E-state index in [1.54, 1.807) is 7.05 Å². The highest BCUT2D eigenvalue weighted by Gasteiger charge is 2.30. The lowest BCUT2D eigenvalue weighted by atomic mass is 10.0. The van der Waals surface area contributed by atoms with Gasteiger partial charge < -0.3 is 15.5 Å². The molecule has 2 unspecified atom stereocenters. The van der Waals surface area contributed by atoms with Crippen molar-refractivity contribution in [2.45, 2.75) is 0 Å². The smallest absolute Gasteiger partial charge is 0.321 e. The number of nitrogens with zero attached hydrogens (tertiary/aromatic N) is 1. The molecule has 2 aliphatic heterocycles. The molecular weight excluding hydrogens is 302 g/mol. The SMILES string of the molecule is CN(CC1CNC(=O)NC1=O)CC1CNC(=O)NC1=O.Cl. The Morgan fingerprint density at radius 3 is 1.62 bits per heavy atom. The summed E-state index contributed by atoms with van der Waals surface area (Å²) in [5.41, 5.74) is 0. The highest BCUT2D eigenvalue weighted by Crippen LogP contribution is 2.07. The Kier molecular flexibility index (Phi) is 5.91. The zero-order chi connectivity index (χ0) is 14.7. The molecule has 0 aromatic heterocycles. The van der Waals surface area contributed by atoms with Crippen LogP contribution in [0.4, 0.5) is 9.59 Å². The van der Waals surface area contributed by atoms with E-state index in [9.17, 15) is 19.2 Å². The lowest BCUT2D eigenvalue weighted by Gasteiger charge is -2.30. The van der Waals surface area contributed by atoms with Gasteiger partial charge in [0.1, 0.15) is 0 Å². The standard InChI is InChI=1S/C11H17N5O4.ClH/c1-16(4-6-2-12-10(19)14-8(6)17)5-7-3-13-11(20)15-9(7)18;/h6-7H,2-5H2,1H3,(H2,12,14,17,19)(H2,13,15,18,20);1H. The Balaban J connectivity index is 0.00000220. The molecule has 2 atom stereocenters. The molecule has 9 nitrogen and oxygen atoms in total. The maximum absolute atomic E-state index is 11.6. The molecule has 0 radical (unpaired) electrons. The van der Waals surface area contributed by atoms with Gasteiger partial charge in [0.15, 0.2) is 0 Å². The van der Waals surface area contributed by atoms with Crippen LogP contribution in [-0.2, 0) is 9.59 Å². The first-order chi connectivity index (χ1) is 9.45. The molecule has 10 heteroatoms. The maximum Gasteiger partial charge on any atom is 0.321 e. The minimum absolute atomic E-state index is 0. The molecule has 2 saturated heterocycles. The van der Waals surface area contributed by atoms with E-state index >= 15 is 0 Å². The van der Waals surface area contributed by atoms with Crippen molar-refractivity contribution in [1.82, 2.24) is 26.2 Å². The monoisotopic (exact) mass is 319 g/mol. The number of nitrogens with one attached hydrogen (secondary N) is 4. The normalized spacial score (nSPS) is 25.4. The molecule has 0 spiro atoms. The van der Waals surface area contributed by atoms with Crippen LogP contribution in [0.2, 0.25) is 0 Å². The number of urea groups is 2. The van der Waals surface area contributed by atoms with E-state index in [0.29, 0.717) is 13.1 Å². The second-order valence-corrected chi connectivity index (χ2v) is 5.01. The number of rotatable bonds is 4. The van der Waals surface area contributed by atoms with Crippen molar-refractivity contribution < 1.29 is 19.2 Å². The summed E-state index contributed by atoms with van der Waals surface area (Å²) in [7, 11) is 1.79. The van der Waals surface area contributed by atoms with Gasteiger partial charge in [-0.2, -0.15) is 0 Å². The van der Waals surface area contributed by atoms with E-state index in [1.807, 2.05) is 4.90 Å². The molecule has 0 aromatic rings. The van der Waals surface area contributed by atoms with Crippen LogP contribution in [0, 0.1) is 11.8 Å². The van der Waals surface area contributed by atoms with Gasteiger partial charge in [-0.3, -0.25) is 20.2 Å². The first-order valence-corrected chi connectivity index (χ1v) is 6.31. The largest absolute Gasteiger partial charge is 0.337 e. The molecule has 2 rings (SSSR count). The second-order valence-electron chi connectivity index (χ2n) is 5.01. The Morgan fingerprint density at radius 1 is 0.905 bits per heavy atom. The molecular formula is C11H18ClN5O4. The third-order valence-corrected chi connectivity index (χ3v) is 3.30. The number of hydrogen-bond donors (Lipinski definition) is 4. The Hall–Kier alpha value is -1.87. The van der Waals surface area contributed by atoms with Crippen LogP contribution in [-0.4, -0.2) is 62.0 Å². The molecule has 118 valence electrons. The Bertz CT molecular complexity index is 418. The van der Waals surface area contributed by atoms with Gasteiger partial charge >= 0.3 is 12.1 Å². The lowest BCUT2D eigenvalue weighted by Crippen LogP contribution is -2.57.